The molecule has 0 aliphatic rings. The van der Waals surface area contributed by atoms with Crippen LogP contribution in [0, 0.1) is 0 Å². The van der Waals surface area contributed by atoms with Gasteiger partial charge in [0.15, 0.2) is 0 Å². The molecular weight excluding hydrogens is 344 g/mol. The van der Waals surface area contributed by atoms with Crippen molar-refractivity contribution in [3.05, 3.63) is 48.0 Å². The van der Waals surface area contributed by atoms with Gasteiger partial charge in [-0.05, 0) is 35.9 Å². The van der Waals surface area contributed by atoms with Crippen molar-refractivity contribution in [1.82, 2.24) is 0 Å². The molecule has 0 fully saturated rings. The molecule has 0 aliphatic heterocycles. The number of anilines is 2. The van der Waals surface area contributed by atoms with Gasteiger partial charge in [0.25, 0.3) is 0 Å². The normalized spacial score (nSPS) is 10.8. The molecule has 0 spiro atoms. The summed E-state index contributed by atoms with van der Waals surface area (Å²) in [5.74, 6) is 0.857. The maximum absolute atomic E-state index is 12.2. The Hall–Kier alpha value is -2.74. The molecule has 8 heteroatoms. The van der Waals surface area contributed by atoms with E-state index < -0.39 is 10.0 Å². The van der Waals surface area contributed by atoms with Crippen molar-refractivity contribution in [3.8, 4) is 11.5 Å². The maximum Gasteiger partial charge on any atom is 0.229 e. The fourth-order valence-electron chi connectivity index (χ4n) is 2.20. The second-order valence-corrected chi connectivity index (χ2v) is 7.11. The van der Waals surface area contributed by atoms with Gasteiger partial charge in [-0.2, -0.15) is 0 Å². The van der Waals surface area contributed by atoms with Gasteiger partial charge in [0.05, 0.1) is 32.6 Å². The van der Waals surface area contributed by atoms with E-state index in [0.29, 0.717) is 11.4 Å². The van der Waals surface area contributed by atoms with Crippen molar-refractivity contribution in [1.29, 1.82) is 0 Å². The average Bonchev–Trinajstić information content (AvgIpc) is 2.54. The number of amides is 1. The SMILES string of the molecule is COc1ccc(CC(=O)Nc2ccc(OC)c(NS(C)(=O)=O)c2)cc1. The van der Waals surface area contributed by atoms with E-state index in [-0.39, 0.29) is 18.0 Å². The van der Waals surface area contributed by atoms with Crippen molar-refractivity contribution < 1.29 is 22.7 Å². The Labute approximate surface area is 147 Å². The molecule has 134 valence electrons. The Balaban J connectivity index is 2.10. The van der Waals surface area contributed by atoms with Gasteiger partial charge in [0.2, 0.25) is 15.9 Å². The molecule has 2 aromatic rings. The van der Waals surface area contributed by atoms with Gasteiger partial charge in [-0.25, -0.2) is 8.42 Å². The quantitative estimate of drug-likeness (QED) is 0.786. The molecule has 0 heterocycles. The minimum Gasteiger partial charge on any atom is -0.497 e. The molecule has 0 aromatic heterocycles. The molecule has 1 amide bonds. The van der Waals surface area contributed by atoms with Crippen LogP contribution >= 0.6 is 0 Å². The number of ether oxygens (including phenoxy) is 2. The second kappa shape index (κ2) is 7.89. The highest BCUT2D eigenvalue weighted by Gasteiger charge is 2.11. The zero-order valence-corrected chi connectivity index (χ0v) is 15.0. The standard InChI is InChI=1S/C17H20N2O5S/c1-23-14-7-4-12(5-8-14)10-17(20)18-13-6-9-16(24-2)15(11-13)19-25(3,21)22/h4-9,11,19H,10H2,1-3H3,(H,18,20). The molecule has 0 atom stereocenters. The number of carbonyl (C=O) groups excluding carboxylic acids is 1. The minimum atomic E-state index is -3.46. The van der Waals surface area contributed by atoms with Crippen LogP contribution in [-0.4, -0.2) is 34.8 Å². The number of carbonyl (C=O) groups is 1. The topological polar surface area (TPSA) is 93.7 Å². The molecule has 0 saturated heterocycles. The molecule has 2 rings (SSSR count). The first-order valence-electron chi connectivity index (χ1n) is 7.39. The van der Waals surface area contributed by atoms with Crippen LogP contribution in [0.1, 0.15) is 5.56 Å². The summed E-state index contributed by atoms with van der Waals surface area (Å²) in [5.41, 5.74) is 1.55. The van der Waals surface area contributed by atoms with Gasteiger partial charge in [-0.15, -0.1) is 0 Å². The summed E-state index contributed by atoms with van der Waals surface area (Å²) in [6.07, 6.45) is 1.23. The number of rotatable bonds is 7. The fraction of sp³-hybridized carbons (Fsp3) is 0.235. The second-order valence-electron chi connectivity index (χ2n) is 5.36. The summed E-state index contributed by atoms with van der Waals surface area (Å²) < 4.78 is 35.4. The lowest BCUT2D eigenvalue weighted by Crippen LogP contribution is -2.15. The Kier molecular flexibility index (Phi) is 5.87. The van der Waals surface area contributed by atoms with Crippen molar-refractivity contribution in [2.24, 2.45) is 0 Å². The minimum absolute atomic E-state index is 0.185. The van der Waals surface area contributed by atoms with Crippen LogP contribution in [0.25, 0.3) is 0 Å². The Bertz CT molecular complexity index is 848. The highest BCUT2D eigenvalue weighted by atomic mass is 32.2. The van der Waals surface area contributed by atoms with Crippen LogP contribution in [0.15, 0.2) is 42.5 Å². The number of sulfonamides is 1. The summed E-state index contributed by atoms with van der Waals surface area (Å²) in [5, 5.41) is 2.74. The first-order chi connectivity index (χ1) is 11.8. The molecule has 0 radical (unpaired) electrons. The number of nitrogens with one attached hydrogen (secondary N) is 2. The third-order valence-electron chi connectivity index (χ3n) is 3.30. The molecule has 25 heavy (non-hydrogen) atoms. The van der Waals surface area contributed by atoms with Crippen molar-refractivity contribution in [2.75, 3.05) is 30.5 Å². The van der Waals surface area contributed by atoms with E-state index in [4.69, 9.17) is 9.47 Å². The summed E-state index contributed by atoms with van der Waals surface area (Å²) >= 11 is 0. The van der Waals surface area contributed by atoms with E-state index >= 15 is 0 Å². The van der Waals surface area contributed by atoms with Crippen molar-refractivity contribution in [2.45, 2.75) is 6.42 Å². The Morgan fingerprint density at radius 2 is 1.72 bits per heavy atom. The fourth-order valence-corrected chi connectivity index (χ4v) is 2.76. The summed E-state index contributed by atoms with van der Waals surface area (Å²) in [6.45, 7) is 0. The molecule has 2 N–H and O–H groups in total. The number of methoxy groups -OCH3 is 2. The first-order valence-corrected chi connectivity index (χ1v) is 9.28. The number of benzene rings is 2. The van der Waals surface area contributed by atoms with E-state index in [1.165, 1.54) is 13.2 Å². The van der Waals surface area contributed by atoms with Gasteiger partial charge in [0, 0.05) is 5.69 Å². The van der Waals surface area contributed by atoms with Crippen LogP contribution in [0.2, 0.25) is 0 Å². The number of hydrogen-bond donors (Lipinski definition) is 2. The van der Waals surface area contributed by atoms with Crippen LogP contribution in [0.3, 0.4) is 0 Å². The molecule has 0 aliphatic carbocycles. The zero-order chi connectivity index (χ0) is 18.4. The van der Waals surface area contributed by atoms with Gasteiger partial charge < -0.3 is 14.8 Å². The van der Waals surface area contributed by atoms with E-state index in [1.807, 2.05) is 12.1 Å². The van der Waals surface area contributed by atoms with Crippen LogP contribution in [0.5, 0.6) is 11.5 Å². The third kappa shape index (κ3) is 5.68. The Morgan fingerprint density at radius 1 is 1.04 bits per heavy atom. The van der Waals surface area contributed by atoms with Gasteiger partial charge >= 0.3 is 0 Å². The molecule has 7 nitrogen and oxygen atoms in total. The van der Waals surface area contributed by atoms with Crippen LogP contribution in [-0.2, 0) is 21.2 Å². The van der Waals surface area contributed by atoms with Crippen LogP contribution in [0.4, 0.5) is 11.4 Å². The lowest BCUT2D eigenvalue weighted by molar-refractivity contribution is -0.115. The lowest BCUT2D eigenvalue weighted by atomic mass is 10.1. The summed E-state index contributed by atoms with van der Waals surface area (Å²) in [7, 11) is -0.453. The van der Waals surface area contributed by atoms with Gasteiger partial charge in [-0.1, -0.05) is 12.1 Å². The average molecular weight is 364 g/mol. The molecule has 0 unspecified atom stereocenters. The highest BCUT2D eigenvalue weighted by molar-refractivity contribution is 7.92. The first kappa shape index (κ1) is 18.6. The van der Waals surface area contributed by atoms with Crippen LogP contribution < -0.4 is 19.5 Å². The largest absolute Gasteiger partial charge is 0.497 e. The molecule has 0 saturated carbocycles. The smallest absolute Gasteiger partial charge is 0.229 e. The molecule has 0 bridgehead atoms. The van der Waals surface area contributed by atoms with E-state index in [0.717, 1.165) is 17.6 Å². The third-order valence-corrected chi connectivity index (χ3v) is 3.89. The summed E-state index contributed by atoms with van der Waals surface area (Å²) in [6, 6.07) is 11.9. The Morgan fingerprint density at radius 3 is 2.28 bits per heavy atom. The monoisotopic (exact) mass is 364 g/mol. The van der Waals surface area contributed by atoms with Gasteiger partial charge in [-0.3, -0.25) is 9.52 Å². The molecule has 2 aromatic carbocycles. The number of hydrogen-bond acceptors (Lipinski definition) is 5. The summed E-state index contributed by atoms with van der Waals surface area (Å²) in [4.78, 5) is 12.2. The highest BCUT2D eigenvalue weighted by Crippen LogP contribution is 2.28. The van der Waals surface area contributed by atoms with E-state index in [1.54, 1.807) is 31.4 Å². The van der Waals surface area contributed by atoms with Crippen molar-refractivity contribution >= 4 is 27.3 Å². The zero-order valence-electron chi connectivity index (χ0n) is 14.2. The van der Waals surface area contributed by atoms with Gasteiger partial charge in [0.1, 0.15) is 11.5 Å². The predicted octanol–water partition coefficient (Wildman–Crippen LogP) is 2.26. The van der Waals surface area contributed by atoms with E-state index in [2.05, 4.69) is 10.0 Å². The lowest BCUT2D eigenvalue weighted by Gasteiger charge is -2.12. The predicted molar refractivity (Wildman–Crippen MR) is 96.8 cm³/mol. The van der Waals surface area contributed by atoms with E-state index in [9.17, 15) is 13.2 Å². The maximum atomic E-state index is 12.2. The van der Waals surface area contributed by atoms with Crippen molar-refractivity contribution in [3.63, 3.8) is 0 Å². The molecular formula is C17H20N2O5S.